The maximum Gasteiger partial charge on any atom is 0.346 e. The number of nitrogens with zero attached hydrogens (tertiary/aromatic N) is 5. The van der Waals surface area contributed by atoms with Crippen molar-refractivity contribution >= 4 is 51.9 Å². The second kappa shape index (κ2) is 15.4. The first kappa shape index (κ1) is 34.3. The molecule has 5 aromatic rings. The average Bonchev–Trinajstić information content (AvgIpc) is 3.53. The van der Waals surface area contributed by atoms with E-state index in [4.69, 9.17) is 0 Å². The number of benzene rings is 5. The number of aliphatic carboxylic acids is 1. The normalized spacial score (nSPS) is 13.5. The van der Waals surface area contributed by atoms with Gasteiger partial charge in [-0.3, -0.25) is 0 Å². The van der Waals surface area contributed by atoms with Crippen molar-refractivity contribution in [3.05, 3.63) is 168 Å². The molecule has 0 fully saturated rings. The van der Waals surface area contributed by atoms with E-state index in [0.29, 0.717) is 12.8 Å². The fourth-order valence-electron chi connectivity index (χ4n) is 6.33. The van der Waals surface area contributed by atoms with E-state index in [2.05, 4.69) is 98.5 Å². The fourth-order valence-corrected chi connectivity index (χ4v) is 6.33. The standard InChI is InChI=1S/C44H41N5O2/c1-46(2)36-21-25-41(26-22-36)48(42-27-23-37(24-28-42)47(3)4)40-19-15-32(16-20-40)29-33-17-18-34(30-35(31-45)44(50)51)43(33)49(38-11-7-5-8-12-38)39-13-9-6-10-14-39/h5-16,19-30H,17-18H2,1-4H3,(H,50,51)/b33-29+,35-30+. The third kappa shape index (κ3) is 7.71. The van der Waals surface area contributed by atoms with Crippen LogP contribution in [-0.2, 0) is 4.79 Å². The van der Waals surface area contributed by atoms with Crippen LogP contribution < -0.4 is 19.6 Å². The molecule has 51 heavy (non-hydrogen) atoms. The van der Waals surface area contributed by atoms with E-state index in [1.807, 2.05) is 94.9 Å². The molecule has 1 aliphatic carbocycles. The van der Waals surface area contributed by atoms with Gasteiger partial charge >= 0.3 is 5.97 Å². The first-order chi connectivity index (χ1) is 24.7. The third-order valence-corrected chi connectivity index (χ3v) is 8.93. The van der Waals surface area contributed by atoms with Crippen LogP contribution in [0.15, 0.2) is 162 Å². The van der Waals surface area contributed by atoms with Crippen LogP contribution in [0.4, 0.5) is 39.8 Å². The van der Waals surface area contributed by atoms with E-state index >= 15 is 0 Å². The van der Waals surface area contributed by atoms with E-state index in [0.717, 1.165) is 62.2 Å². The molecule has 6 rings (SSSR count). The van der Waals surface area contributed by atoms with Crippen molar-refractivity contribution in [1.29, 1.82) is 5.26 Å². The molecule has 0 heterocycles. The Morgan fingerprint density at radius 1 is 0.588 bits per heavy atom. The number of allylic oxidation sites excluding steroid dienone is 3. The molecule has 7 heteroatoms. The van der Waals surface area contributed by atoms with Gasteiger partial charge in [-0.1, -0.05) is 48.5 Å². The molecule has 0 saturated heterocycles. The van der Waals surface area contributed by atoms with Crippen LogP contribution >= 0.6 is 0 Å². The van der Waals surface area contributed by atoms with Gasteiger partial charge < -0.3 is 24.7 Å². The molecule has 0 aliphatic heterocycles. The summed E-state index contributed by atoms with van der Waals surface area (Å²) in [5.74, 6) is -1.24. The highest BCUT2D eigenvalue weighted by atomic mass is 16.4. The zero-order valence-electron chi connectivity index (χ0n) is 29.4. The zero-order chi connectivity index (χ0) is 35.9. The summed E-state index contributed by atoms with van der Waals surface area (Å²) in [6.07, 6.45) is 5.00. The third-order valence-electron chi connectivity index (χ3n) is 8.93. The smallest absolute Gasteiger partial charge is 0.346 e. The average molecular weight is 672 g/mol. The van der Waals surface area contributed by atoms with Gasteiger partial charge in [0, 0.05) is 68.0 Å². The highest BCUT2D eigenvalue weighted by molar-refractivity contribution is 5.92. The largest absolute Gasteiger partial charge is 0.477 e. The molecule has 0 unspecified atom stereocenters. The zero-order valence-corrected chi connectivity index (χ0v) is 29.4. The van der Waals surface area contributed by atoms with E-state index in [-0.39, 0.29) is 5.57 Å². The minimum atomic E-state index is -1.24. The van der Waals surface area contributed by atoms with Crippen molar-refractivity contribution in [1.82, 2.24) is 0 Å². The molecule has 5 aromatic carbocycles. The topological polar surface area (TPSA) is 74.0 Å². The number of rotatable bonds is 11. The van der Waals surface area contributed by atoms with Crippen LogP contribution in [0.2, 0.25) is 0 Å². The molecule has 0 aromatic heterocycles. The number of para-hydroxylation sites is 2. The quantitative estimate of drug-likeness (QED) is 0.111. The SMILES string of the molecule is CN(C)c1ccc(N(c2ccc(/C=C3\CCC(/C=C(\C#N)C(=O)O)=C3N(c3ccccc3)c3ccccc3)cc2)c2ccc(N(C)C)cc2)cc1. The summed E-state index contributed by atoms with van der Waals surface area (Å²) < 4.78 is 0. The van der Waals surface area contributed by atoms with Gasteiger partial charge in [0.05, 0.1) is 5.70 Å². The lowest BCUT2D eigenvalue weighted by Crippen LogP contribution is -2.17. The van der Waals surface area contributed by atoms with E-state index in [9.17, 15) is 15.2 Å². The van der Waals surface area contributed by atoms with Gasteiger partial charge in [-0.25, -0.2) is 4.79 Å². The van der Waals surface area contributed by atoms with Crippen LogP contribution in [0.5, 0.6) is 0 Å². The maximum absolute atomic E-state index is 11.9. The van der Waals surface area contributed by atoms with Gasteiger partial charge in [-0.2, -0.15) is 5.26 Å². The highest BCUT2D eigenvalue weighted by Crippen LogP contribution is 2.43. The second-order valence-electron chi connectivity index (χ2n) is 12.8. The Balaban J connectivity index is 1.44. The van der Waals surface area contributed by atoms with Crippen molar-refractivity contribution in [3.63, 3.8) is 0 Å². The second-order valence-corrected chi connectivity index (χ2v) is 12.8. The van der Waals surface area contributed by atoms with E-state index < -0.39 is 5.97 Å². The lowest BCUT2D eigenvalue weighted by atomic mass is 10.0. The Kier molecular flexibility index (Phi) is 10.3. The van der Waals surface area contributed by atoms with Crippen molar-refractivity contribution in [2.45, 2.75) is 12.8 Å². The molecule has 0 atom stereocenters. The Bertz CT molecular complexity index is 2020. The summed E-state index contributed by atoms with van der Waals surface area (Å²) in [6, 6.07) is 47.5. The molecule has 0 bridgehead atoms. The summed E-state index contributed by atoms with van der Waals surface area (Å²) in [4.78, 5) is 20.5. The van der Waals surface area contributed by atoms with Gasteiger partial charge in [-0.05, 0) is 127 Å². The number of anilines is 7. The van der Waals surface area contributed by atoms with Crippen molar-refractivity contribution in [2.75, 3.05) is 47.8 Å². The van der Waals surface area contributed by atoms with Crippen molar-refractivity contribution < 1.29 is 9.90 Å². The van der Waals surface area contributed by atoms with Crippen LogP contribution in [0, 0.1) is 11.3 Å². The lowest BCUT2D eigenvalue weighted by molar-refractivity contribution is -0.132. The van der Waals surface area contributed by atoms with E-state index in [1.165, 1.54) is 6.08 Å². The van der Waals surface area contributed by atoms with Gasteiger partial charge in [0.2, 0.25) is 0 Å². The summed E-state index contributed by atoms with van der Waals surface area (Å²) in [5.41, 5.74) is 10.7. The maximum atomic E-state index is 11.9. The molecular formula is C44H41N5O2. The lowest BCUT2D eigenvalue weighted by Gasteiger charge is -2.29. The molecule has 0 saturated carbocycles. The Morgan fingerprint density at radius 2 is 1.00 bits per heavy atom. The first-order valence-corrected chi connectivity index (χ1v) is 16.9. The minimum absolute atomic E-state index is 0.286. The summed E-state index contributed by atoms with van der Waals surface area (Å²) in [5, 5.41) is 19.4. The molecule has 0 amide bonds. The van der Waals surface area contributed by atoms with Crippen molar-refractivity contribution in [3.8, 4) is 6.07 Å². The van der Waals surface area contributed by atoms with Gasteiger partial charge in [-0.15, -0.1) is 0 Å². The Labute approximate surface area is 300 Å². The van der Waals surface area contributed by atoms with Gasteiger partial charge in [0.15, 0.2) is 0 Å². The molecule has 1 N–H and O–H groups in total. The molecule has 1 aliphatic rings. The fraction of sp³-hybridized carbons (Fsp3) is 0.136. The summed E-state index contributed by atoms with van der Waals surface area (Å²) >= 11 is 0. The Morgan fingerprint density at radius 3 is 1.41 bits per heavy atom. The molecule has 7 nitrogen and oxygen atoms in total. The number of carboxylic acids is 1. The van der Waals surface area contributed by atoms with Crippen LogP contribution in [0.1, 0.15) is 18.4 Å². The number of hydrogen-bond donors (Lipinski definition) is 1. The van der Waals surface area contributed by atoms with Crippen LogP contribution in [-0.4, -0.2) is 39.3 Å². The molecular weight excluding hydrogens is 631 g/mol. The van der Waals surface area contributed by atoms with Gasteiger partial charge in [0.25, 0.3) is 0 Å². The van der Waals surface area contributed by atoms with Crippen LogP contribution in [0.3, 0.4) is 0 Å². The summed E-state index contributed by atoms with van der Waals surface area (Å²) in [7, 11) is 8.16. The summed E-state index contributed by atoms with van der Waals surface area (Å²) in [6.45, 7) is 0. The predicted molar refractivity (Wildman–Crippen MR) is 210 cm³/mol. The van der Waals surface area contributed by atoms with Crippen LogP contribution in [0.25, 0.3) is 6.08 Å². The predicted octanol–water partition coefficient (Wildman–Crippen LogP) is 10.1. The molecule has 254 valence electrons. The Hall–Kier alpha value is -6.52. The highest BCUT2D eigenvalue weighted by Gasteiger charge is 2.27. The van der Waals surface area contributed by atoms with Crippen molar-refractivity contribution in [2.24, 2.45) is 0 Å². The number of carboxylic acid groups (broad SMARTS) is 1. The number of hydrogen-bond acceptors (Lipinski definition) is 6. The molecule has 0 radical (unpaired) electrons. The van der Waals surface area contributed by atoms with E-state index in [1.54, 1.807) is 0 Å². The number of carbonyl (C=O) groups is 1. The first-order valence-electron chi connectivity index (χ1n) is 16.9. The molecule has 0 spiro atoms. The minimum Gasteiger partial charge on any atom is -0.477 e. The van der Waals surface area contributed by atoms with Gasteiger partial charge in [0.1, 0.15) is 11.6 Å². The monoisotopic (exact) mass is 671 g/mol. The number of nitriles is 1.